The number of phenols is 1. The Morgan fingerprint density at radius 3 is 2.48 bits per heavy atom. The predicted octanol–water partition coefficient (Wildman–Crippen LogP) is 2.42. The highest BCUT2D eigenvalue weighted by Crippen LogP contribution is 2.32. The number of likely N-dealkylation sites (N-methyl/N-ethyl adjacent to an activating group) is 1. The first-order valence-electron chi connectivity index (χ1n) is 7.04. The quantitative estimate of drug-likeness (QED) is 0.920. The molecule has 0 fully saturated rings. The highest BCUT2D eigenvalue weighted by atomic mass is 16.3. The molecule has 0 saturated carbocycles. The molecule has 1 heterocycles. The Balaban J connectivity index is 1.86. The van der Waals surface area contributed by atoms with Gasteiger partial charge in [-0.3, -0.25) is 4.79 Å². The molecule has 1 aliphatic rings. The van der Waals surface area contributed by atoms with E-state index in [0.717, 1.165) is 17.9 Å². The molecule has 0 saturated heterocycles. The van der Waals surface area contributed by atoms with Gasteiger partial charge in [0.05, 0.1) is 17.8 Å². The van der Waals surface area contributed by atoms with Gasteiger partial charge < -0.3 is 14.9 Å². The lowest BCUT2D eigenvalue weighted by atomic mass is 10.1. The zero-order valence-electron chi connectivity index (χ0n) is 12.0. The lowest BCUT2D eigenvalue weighted by Crippen LogP contribution is -2.43. The van der Waals surface area contributed by atoms with Crippen molar-refractivity contribution in [2.75, 3.05) is 29.9 Å². The van der Waals surface area contributed by atoms with Crippen LogP contribution in [0.5, 0.6) is 5.75 Å². The maximum atomic E-state index is 12.6. The van der Waals surface area contributed by atoms with Crippen molar-refractivity contribution in [1.82, 2.24) is 0 Å². The Kier molecular flexibility index (Phi) is 3.52. The highest BCUT2D eigenvalue weighted by Gasteiger charge is 2.25. The van der Waals surface area contributed by atoms with Gasteiger partial charge in [-0.15, -0.1) is 0 Å². The number of para-hydroxylation sites is 3. The van der Waals surface area contributed by atoms with Gasteiger partial charge in [-0.25, -0.2) is 0 Å². The first-order chi connectivity index (χ1) is 10.2. The van der Waals surface area contributed by atoms with E-state index in [1.807, 2.05) is 42.3 Å². The third-order valence-electron chi connectivity index (χ3n) is 3.88. The van der Waals surface area contributed by atoms with Gasteiger partial charge >= 0.3 is 0 Å². The van der Waals surface area contributed by atoms with E-state index >= 15 is 0 Å². The molecule has 2 aromatic rings. The van der Waals surface area contributed by atoms with Crippen molar-refractivity contribution in [3.63, 3.8) is 0 Å². The van der Waals surface area contributed by atoms with Crippen LogP contribution in [0.1, 0.15) is 5.56 Å². The number of carbonyl (C=O) groups excluding carboxylic acids is 1. The van der Waals surface area contributed by atoms with Crippen LogP contribution in [0.3, 0.4) is 0 Å². The average molecular weight is 282 g/mol. The number of hydrogen-bond acceptors (Lipinski definition) is 3. The van der Waals surface area contributed by atoms with Gasteiger partial charge in [0.25, 0.3) is 0 Å². The Labute approximate surface area is 124 Å². The standard InChI is InChI=1S/C17H18N2O2/c1-18-10-11-19(15-8-4-3-7-14(15)18)17(21)12-13-6-2-5-9-16(13)20/h2-9,20H,10-12H2,1H3. The Bertz CT molecular complexity index is 669. The lowest BCUT2D eigenvalue weighted by molar-refractivity contribution is -0.118. The number of aromatic hydroxyl groups is 1. The minimum atomic E-state index is 0.0112. The van der Waals surface area contributed by atoms with Crippen LogP contribution in [-0.4, -0.2) is 31.2 Å². The van der Waals surface area contributed by atoms with Crippen LogP contribution < -0.4 is 9.80 Å². The fourth-order valence-electron chi connectivity index (χ4n) is 2.68. The van der Waals surface area contributed by atoms with Crippen LogP contribution in [0.25, 0.3) is 0 Å². The SMILES string of the molecule is CN1CCN(C(=O)Cc2ccccc2O)c2ccccc21. The van der Waals surface area contributed by atoms with Crippen molar-refractivity contribution < 1.29 is 9.90 Å². The number of carbonyl (C=O) groups is 1. The fourth-order valence-corrected chi connectivity index (χ4v) is 2.68. The molecule has 21 heavy (non-hydrogen) atoms. The molecule has 0 aromatic heterocycles. The molecule has 1 N–H and O–H groups in total. The van der Waals surface area contributed by atoms with Crippen molar-refractivity contribution in [3.8, 4) is 5.75 Å². The number of amides is 1. The van der Waals surface area contributed by atoms with Crippen LogP contribution in [-0.2, 0) is 11.2 Å². The van der Waals surface area contributed by atoms with Crippen molar-refractivity contribution in [2.24, 2.45) is 0 Å². The van der Waals surface area contributed by atoms with E-state index in [1.54, 1.807) is 18.2 Å². The van der Waals surface area contributed by atoms with Gasteiger partial charge in [0.1, 0.15) is 5.75 Å². The summed E-state index contributed by atoms with van der Waals surface area (Å²) in [5.41, 5.74) is 2.67. The maximum Gasteiger partial charge on any atom is 0.231 e. The Morgan fingerprint density at radius 2 is 1.71 bits per heavy atom. The van der Waals surface area contributed by atoms with E-state index < -0.39 is 0 Å². The topological polar surface area (TPSA) is 43.8 Å². The molecule has 0 aliphatic carbocycles. The van der Waals surface area contributed by atoms with E-state index in [1.165, 1.54) is 0 Å². The summed E-state index contributed by atoms with van der Waals surface area (Å²) in [5.74, 6) is 0.185. The Hall–Kier alpha value is -2.49. The van der Waals surface area contributed by atoms with Gasteiger partial charge in [0, 0.05) is 25.7 Å². The first kappa shape index (κ1) is 13.5. The number of hydrogen-bond donors (Lipinski definition) is 1. The second-order valence-corrected chi connectivity index (χ2v) is 5.26. The minimum Gasteiger partial charge on any atom is -0.508 e. The maximum absolute atomic E-state index is 12.6. The van der Waals surface area contributed by atoms with Crippen molar-refractivity contribution in [1.29, 1.82) is 0 Å². The fraction of sp³-hybridized carbons (Fsp3) is 0.235. The summed E-state index contributed by atoms with van der Waals surface area (Å²) in [5, 5.41) is 9.82. The number of rotatable bonds is 2. The van der Waals surface area contributed by atoms with Gasteiger partial charge in [-0.2, -0.15) is 0 Å². The lowest BCUT2D eigenvalue weighted by Gasteiger charge is -2.35. The minimum absolute atomic E-state index is 0.0112. The number of anilines is 2. The molecule has 0 radical (unpaired) electrons. The van der Waals surface area contributed by atoms with Crippen LogP contribution in [0.4, 0.5) is 11.4 Å². The highest BCUT2D eigenvalue weighted by molar-refractivity contribution is 5.99. The van der Waals surface area contributed by atoms with E-state index in [0.29, 0.717) is 12.1 Å². The molecular weight excluding hydrogens is 264 g/mol. The van der Waals surface area contributed by atoms with Crippen LogP contribution in [0.15, 0.2) is 48.5 Å². The number of phenolic OH excluding ortho intramolecular Hbond substituents is 1. The summed E-state index contributed by atoms with van der Waals surface area (Å²) >= 11 is 0. The average Bonchev–Trinajstić information content (AvgIpc) is 2.50. The third kappa shape index (κ3) is 2.57. The molecule has 3 rings (SSSR count). The predicted molar refractivity (Wildman–Crippen MR) is 83.9 cm³/mol. The molecule has 1 aliphatic heterocycles. The summed E-state index contributed by atoms with van der Waals surface area (Å²) in [4.78, 5) is 16.5. The van der Waals surface area contributed by atoms with Crippen LogP contribution >= 0.6 is 0 Å². The van der Waals surface area contributed by atoms with Crippen molar-refractivity contribution in [3.05, 3.63) is 54.1 Å². The number of fused-ring (bicyclic) bond motifs is 1. The first-order valence-corrected chi connectivity index (χ1v) is 7.04. The number of nitrogens with zero attached hydrogens (tertiary/aromatic N) is 2. The van der Waals surface area contributed by atoms with Crippen molar-refractivity contribution in [2.45, 2.75) is 6.42 Å². The largest absolute Gasteiger partial charge is 0.508 e. The third-order valence-corrected chi connectivity index (χ3v) is 3.88. The van der Waals surface area contributed by atoms with E-state index in [2.05, 4.69) is 4.90 Å². The van der Waals surface area contributed by atoms with Gasteiger partial charge in [-0.05, 0) is 18.2 Å². The second-order valence-electron chi connectivity index (χ2n) is 5.26. The summed E-state index contributed by atoms with van der Waals surface area (Å²) in [6.07, 6.45) is 0.213. The molecule has 0 bridgehead atoms. The van der Waals surface area contributed by atoms with Gasteiger partial charge in [0.2, 0.25) is 5.91 Å². The summed E-state index contributed by atoms with van der Waals surface area (Å²) in [7, 11) is 2.03. The van der Waals surface area contributed by atoms with Gasteiger partial charge in [0.15, 0.2) is 0 Å². The van der Waals surface area contributed by atoms with Crippen molar-refractivity contribution >= 4 is 17.3 Å². The molecule has 1 amide bonds. The summed E-state index contributed by atoms with van der Waals surface area (Å²) < 4.78 is 0. The molecule has 4 nitrogen and oxygen atoms in total. The number of benzene rings is 2. The molecular formula is C17H18N2O2. The monoisotopic (exact) mass is 282 g/mol. The normalized spacial score (nSPS) is 14.0. The van der Waals surface area contributed by atoms with E-state index in [4.69, 9.17) is 0 Å². The molecule has 2 aromatic carbocycles. The second kappa shape index (κ2) is 5.48. The molecule has 0 unspecified atom stereocenters. The summed E-state index contributed by atoms with van der Waals surface area (Å²) in [6, 6.07) is 14.9. The summed E-state index contributed by atoms with van der Waals surface area (Å²) in [6.45, 7) is 1.48. The molecule has 108 valence electrons. The zero-order chi connectivity index (χ0) is 14.8. The van der Waals surface area contributed by atoms with E-state index in [-0.39, 0.29) is 18.1 Å². The van der Waals surface area contributed by atoms with Crippen LogP contribution in [0, 0.1) is 0 Å². The smallest absolute Gasteiger partial charge is 0.231 e. The van der Waals surface area contributed by atoms with Gasteiger partial charge in [-0.1, -0.05) is 30.3 Å². The molecule has 0 atom stereocenters. The molecule has 4 heteroatoms. The molecule has 0 spiro atoms. The Morgan fingerprint density at radius 1 is 1.05 bits per heavy atom. The van der Waals surface area contributed by atoms with Crippen LogP contribution in [0.2, 0.25) is 0 Å². The van der Waals surface area contributed by atoms with E-state index in [9.17, 15) is 9.90 Å². The zero-order valence-corrected chi connectivity index (χ0v) is 12.0.